The number of Topliss-reactive ketones (excluding diaryl/α,β-unsaturated/α-hetero) is 1. The number of hydrogen-bond acceptors (Lipinski definition) is 2. The van der Waals surface area contributed by atoms with E-state index in [1.54, 1.807) is 17.0 Å². The molecule has 1 fully saturated rings. The summed E-state index contributed by atoms with van der Waals surface area (Å²) in [5, 5.41) is 0.0993. The number of benzene rings is 1. The highest BCUT2D eigenvalue weighted by Gasteiger charge is 2.22. The van der Waals surface area contributed by atoms with Crippen molar-refractivity contribution in [3.63, 3.8) is 0 Å². The Morgan fingerprint density at radius 3 is 2.86 bits per heavy atom. The lowest BCUT2D eigenvalue weighted by molar-refractivity contribution is -0.116. The number of anilines is 1. The van der Waals surface area contributed by atoms with Crippen LogP contribution in [0.1, 0.15) is 6.42 Å². The van der Waals surface area contributed by atoms with Crippen LogP contribution in [-0.4, -0.2) is 18.9 Å². The van der Waals surface area contributed by atoms with Gasteiger partial charge in [-0.3, -0.25) is 4.79 Å². The molecule has 2 nitrogen and oxygen atoms in total. The number of carbonyl (C=O) groups excluding carboxylic acids is 1. The van der Waals surface area contributed by atoms with Crippen LogP contribution in [-0.2, 0) is 4.79 Å². The molecule has 0 bridgehead atoms. The third kappa shape index (κ3) is 1.60. The van der Waals surface area contributed by atoms with E-state index in [9.17, 15) is 9.18 Å². The smallest absolute Gasteiger partial charge is 0.153 e. The Balaban J connectivity index is 2.32. The minimum Gasteiger partial charge on any atom is -0.362 e. The van der Waals surface area contributed by atoms with Gasteiger partial charge >= 0.3 is 0 Å². The summed E-state index contributed by atoms with van der Waals surface area (Å²) in [7, 11) is 0. The largest absolute Gasteiger partial charge is 0.362 e. The summed E-state index contributed by atoms with van der Waals surface area (Å²) in [6.07, 6.45) is 0.521. The minimum atomic E-state index is -0.441. The summed E-state index contributed by atoms with van der Waals surface area (Å²) in [6.45, 7) is 0.963. The second-order valence-electron chi connectivity index (χ2n) is 3.28. The normalized spacial score (nSPS) is 16.4. The average Bonchev–Trinajstić information content (AvgIpc) is 2.57. The monoisotopic (exact) mass is 213 g/mol. The molecule has 74 valence electrons. The first kappa shape index (κ1) is 9.46. The summed E-state index contributed by atoms with van der Waals surface area (Å²) in [5.41, 5.74) is 0.609. The lowest BCUT2D eigenvalue weighted by atomic mass is 10.3. The maximum absolute atomic E-state index is 13.1. The predicted octanol–water partition coefficient (Wildman–Crippen LogP) is 2.26. The minimum absolute atomic E-state index is 0.0993. The lowest BCUT2D eigenvalue weighted by Crippen LogP contribution is -2.20. The molecular weight excluding hydrogens is 205 g/mol. The van der Waals surface area contributed by atoms with Crippen molar-refractivity contribution in [2.24, 2.45) is 0 Å². The van der Waals surface area contributed by atoms with Crippen molar-refractivity contribution >= 4 is 23.1 Å². The van der Waals surface area contributed by atoms with E-state index < -0.39 is 5.82 Å². The summed E-state index contributed by atoms with van der Waals surface area (Å²) >= 11 is 5.79. The van der Waals surface area contributed by atoms with Gasteiger partial charge in [0.25, 0.3) is 0 Å². The van der Waals surface area contributed by atoms with Gasteiger partial charge in [0.05, 0.1) is 17.3 Å². The highest BCUT2D eigenvalue weighted by atomic mass is 35.5. The van der Waals surface area contributed by atoms with Crippen LogP contribution in [0.15, 0.2) is 18.2 Å². The second kappa shape index (κ2) is 3.58. The molecule has 0 radical (unpaired) electrons. The van der Waals surface area contributed by atoms with E-state index in [0.29, 0.717) is 25.2 Å². The summed E-state index contributed by atoms with van der Waals surface area (Å²) in [4.78, 5) is 12.8. The van der Waals surface area contributed by atoms with Crippen molar-refractivity contribution < 1.29 is 9.18 Å². The third-order valence-corrected chi connectivity index (χ3v) is 2.67. The fourth-order valence-electron chi connectivity index (χ4n) is 1.57. The quantitative estimate of drug-likeness (QED) is 0.713. The summed E-state index contributed by atoms with van der Waals surface area (Å²) < 4.78 is 13.1. The molecule has 0 amide bonds. The van der Waals surface area contributed by atoms with Crippen LogP contribution >= 0.6 is 11.6 Å². The standard InChI is InChI=1S/C10H9ClFNO/c11-10-8(12)2-1-3-9(10)13-5-4-7(14)6-13/h1-3H,4-6H2. The fourth-order valence-corrected chi connectivity index (χ4v) is 1.82. The molecule has 0 aromatic heterocycles. The van der Waals surface area contributed by atoms with Gasteiger partial charge in [0.1, 0.15) is 5.82 Å². The van der Waals surface area contributed by atoms with Crippen molar-refractivity contribution in [2.75, 3.05) is 18.0 Å². The highest BCUT2D eigenvalue weighted by molar-refractivity contribution is 6.33. The van der Waals surface area contributed by atoms with Crippen molar-refractivity contribution in [1.82, 2.24) is 0 Å². The number of carbonyl (C=O) groups is 1. The van der Waals surface area contributed by atoms with E-state index in [1.807, 2.05) is 0 Å². The first-order valence-electron chi connectivity index (χ1n) is 4.39. The maximum Gasteiger partial charge on any atom is 0.153 e. The summed E-state index contributed by atoms with van der Waals surface area (Å²) in [6, 6.07) is 4.63. The number of rotatable bonds is 1. The van der Waals surface area contributed by atoms with Crippen molar-refractivity contribution in [3.8, 4) is 0 Å². The molecule has 0 unspecified atom stereocenters. The zero-order valence-electron chi connectivity index (χ0n) is 7.46. The Kier molecular flexibility index (Phi) is 2.42. The molecule has 1 aliphatic rings. The SMILES string of the molecule is O=C1CCN(c2cccc(F)c2Cl)C1. The Morgan fingerprint density at radius 2 is 2.21 bits per heavy atom. The topological polar surface area (TPSA) is 20.3 Å². The Labute approximate surface area is 86.3 Å². The van der Waals surface area contributed by atoms with E-state index in [2.05, 4.69) is 0 Å². The number of ketones is 1. The van der Waals surface area contributed by atoms with E-state index >= 15 is 0 Å². The molecule has 1 aliphatic heterocycles. The first-order valence-corrected chi connectivity index (χ1v) is 4.77. The highest BCUT2D eigenvalue weighted by Crippen LogP contribution is 2.29. The van der Waals surface area contributed by atoms with Gasteiger partial charge in [0.15, 0.2) is 5.78 Å². The zero-order chi connectivity index (χ0) is 10.1. The molecule has 1 heterocycles. The molecule has 0 spiro atoms. The van der Waals surface area contributed by atoms with Crippen molar-refractivity contribution in [1.29, 1.82) is 0 Å². The number of nitrogens with zero attached hydrogens (tertiary/aromatic N) is 1. The van der Waals surface area contributed by atoms with Crippen LogP contribution in [0.3, 0.4) is 0 Å². The van der Waals surface area contributed by atoms with E-state index in [4.69, 9.17) is 11.6 Å². The second-order valence-corrected chi connectivity index (χ2v) is 3.66. The van der Waals surface area contributed by atoms with E-state index in [0.717, 1.165) is 0 Å². The Bertz CT molecular complexity index is 380. The van der Waals surface area contributed by atoms with Crippen molar-refractivity contribution in [3.05, 3.63) is 29.0 Å². The van der Waals surface area contributed by atoms with E-state index in [-0.39, 0.29) is 10.8 Å². The third-order valence-electron chi connectivity index (χ3n) is 2.30. The number of halogens is 2. The van der Waals surface area contributed by atoms with Gasteiger partial charge in [-0.1, -0.05) is 17.7 Å². The van der Waals surface area contributed by atoms with Crippen LogP contribution in [0.5, 0.6) is 0 Å². The molecule has 0 aliphatic carbocycles. The van der Waals surface area contributed by atoms with Gasteiger partial charge in [-0.05, 0) is 12.1 Å². The first-order chi connectivity index (χ1) is 6.68. The molecule has 0 saturated carbocycles. The van der Waals surface area contributed by atoms with Crippen LogP contribution in [0.25, 0.3) is 0 Å². The van der Waals surface area contributed by atoms with Gasteiger partial charge in [-0.25, -0.2) is 4.39 Å². The van der Waals surface area contributed by atoms with E-state index in [1.165, 1.54) is 6.07 Å². The zero-order valence-corrected chi connectivity index (χ0v) is 8.22. The average molecular weight is 214 g/mol. The number of hydrogen-bond donors (Lipinski definition) is 0. The lowest BCUT2D eigenvalue weighted by Gasteiger charge is -2.17. The Hall–Kier alpha value is -1.09. The molecule has 0 N–H and O–H groups in total. The summed E-state index contributed by atoms with van der Waals surface area (Å²) in [5.74, 6) is -0.270. The van der Waals surface area contributed by atoms with Gasteiger partial charge in [-0.2, -0.15) is 0 Å². The molecule has 14 heavy (non-hydrogen) atoms. The van der Waals surface area contributed by atoms with Crippen LogP contribution in [0.4, 0.5) is 10.1 Å². The molecule has 0 atom stereocenters. The maximum atomic E-state index is 13.1. The molecular formula is C10H9ClFNO. The molecule has 4 heteroatoms. The molecule has 2 rings (SSSR count). The molecule has 1 aromatic rings. The van der Waals surface area contributed by atoms with Crippen LogP contribution in [0, 0.1) is 5.82 Å². The molecule has 1 saturated heterocycles. The predicted molar refractivity (Wildman–Crippen MR) is 53.2 cm³/mol. The van der Waals surface area contributed by atoms with Gasteiger partial charge in [-0.15, -0.1) is 0 Å². The van der Waals surface area contributed by atoms with Gasteiger partial charge < -0.3 is 4.90 Å². The molecule has 1 aromatic carbocycles. The van der Waals surface area contributed by atoms with Gasteiger partial charge in [0, 0.05) is 13.0 Å². The Morgan fingerprint density at radius 1 is 1.43 bits per heavy atom. The van der Waals surface area contributed by atoms with Crippen LogP contribution < -0.4 is 4.90 Å². The van der Waals surface area contributed by atoms with Crippen molar-refractivity contribution in [2.45, 2.75) is 6.42 Å². The van der Waals surface area contributed by atoms with Gasteiger partial charge in [0.2, 0.25) is 0 Å². The van der Waals surface area contributed by atoms with Crippen LogP contribution in [0.2, 0.25) is 5.02 Å². The fraction of sp³-hybridized carbons (Fsp3) is 0.300.